The molecule has 1 unspecified atom stereocenters. The van der Waals surface area contributed by atoms with Crippen LogP contribution in [0.5, 0.6) is 0 Å². The number of allylic oxidation sites excluding steroid dienone is 1. The van der Waals surface area contributed by atoms with Crippen molar-refractivity contribution in [2.24, 2.45) is 5.73 Å². The molecule has 18 heavy (non-hydrogen) atoms. The van der Waals surface area contributed by atoms with Gasteiger partial charge in [0.1, 0.15) is 0 Å². The highest BCUT2D eigenvalue weighted by atomic mass is 19.4. The van der Waals surface area contributed by atoms with E-state index in [0.29, 0.717) is 0 Å². The zero-order valence-corrected chi connectivity index (χ0v) is 10.0. The Bertz CT molecular complexity index is 431. The molecule has 1 atom stereocenters. The number of benzene rings is 1. The summed E-state index contributed by atoms with van der Waals surface area (Å²) in [4.78, 5) is 0. The smallest absolute Gasteiger partial charge is 0.324 e. The van der Waals surface area contributed by atoms with E-state index in [0.717, 1.165) is 49.0 Å². The van der Waals surface area contributed by atoms with Gasteiger partial charge in [0.15, 0.2) is 0 Å². The van der Waals surface area contributed by atoms with Crippen LogP contribution in [0.15, 0.2) is 30.3 Å². The Labute approximate surface area is 104 Å². The van der Waals surface area contributed by atoms with Gasteiger partial charge >= 0.3 is 6.18 Å². The fraction of sp³-hybridized carbons (Fsp3) is 0.429. The van der Waals surface area contributed by atoms with Crippen molar-refractivity contribution in [3.8, 4) is 0 Å². The van der Waals surface area contributed by atoms with Gasteiger partial charge in [-0.3, -0.25) is 0 Å². The Morgan fingerprint density at radius 3 is 2.33 bits per heavy atom. The Kier molecular flexibility index (Phi) is 3.76. The molecule has 4 heteroatoms. The van der Waals surface area contributed by atoms with Gasteiger partial charge in [0.25, 0.3) is 0 Å². The van der Waals surface area contributed by atoms with Gasteiger partial charge in [0.05, 0.1) is 5.56 Å². The van der Waals surface area contributed by atoms with Crippen LogP contribution in [0.1, 0.15) is 36.8 Å². The molecule has 2 N–H and O–H groups in total. The minimum absolute atomic E-state index is 0.0183. The lowest BCUT2D eigenvalue weighted by Gasteiger charge is -2.10. The summed E-state index contributed by atoms with van der Waals surface area (Å²) in [6.07, 6.45) is 1.66. The molecule has 0 amide bonds. The largest absolute Gasteiger partial charge is 0.416 e. The van der Waals surface area contributed by atoms with Crippen molar-refractivity contribution < 1.29 is 13.2 Å². The van der Waals surface area contributed by atoms with E-state index in [4.69, 9.17) is 5.73 Å². The van der Waals surface area contributed by atoms with Crippen molar-refractivity contribution in [2.75, 3.05) is 0 Å². The lowest BCUT2D eigenvalue weighted by molar-refractivity contribution is -0.137. The normalized spacial score (nSPS) is 21.3. The van der Waals surface area contributed by atoms with Crippen LogP contribution in [-0.4, -0.2) is 6.04 Å². The van der Waals surface area contributed by atoms with Gasteiger partial charge in [0.2, 0.25) is 0 Å². The summed E-state index contributed by atoms with van der Waals surface area (Å²) >= 11 is 0. The van der Waals surface area contributed by atoms with Gasteiger partial charge in [-0.25, -0.2) is 0 Å². The number of alkyl halides is 3. The molecule has 98 valence electrons. The Morgan fingerprint density at radius 2 is 1.72 bits per heavy atom. The summed E-state index contributed by atoms with van der Waals surface area (Å²) in [7, 11) is 0. The Hall–Kier alpha value is -1.29. The third-order valence-electron chi connectivity index (χ3n) is 3.23. The van der Waals surface area contributed by atoms with Crippen molar-refractivity contribution in [2.45, 2.75) is 37.9 Å². The average molecular weight is 255 g/mol. The van der Waals surface area contributed by atoms with E-state index < -0.39 is 11.7 Å². The van der Waals surface area contributed by atoms with Crippen LogP contribution >= 0.6 is 0 Å². The zero-order valence-electron chi connectivity index (χ0n) is 10.0. The lowest BCUT2D eigenvalue weighted by Crippen LogP contribution is -2.15. The van der Waals surface area contributed by atoms with Gasteiger partial charge in [-0.15, -0.1) is 0 Å². The van der Waals surface area contributed by atoms with Gasteiger partial charge in [-0.05, 0) is 42.5 Å². The monoisotopic (exact) mass is 255 g/mol. The summed E-state index contributed by atoms with van der Waals surface area (Å²) in [6, 6.07) is 5.35. The second-order valence-corrected chi connectivity index (χ2v) is 4.68. The number of halogens is 3. The zero-order chi connectivity index (χ0) is 13.2. The fourth-order valence-corrected chi connectivity index (χ4v) is 2.23. The first-order valence-corrected chi connectivity index (χ1v) is 6.11. The summed E-state index contributed by atoms with van der Waals surface area (Å²) in [5, 5.41) is 0. The predicted molar refractivity (Wildman–Crippen MR) is 65.9 cm³/mol. The highest BCUT2D eigenvalue weighted by Crippen LogP contribution is 2.31. The topological polar surface area (TPSA) is 26.0 Å². The fourth-order valence-electron chi connectivity index (χ4n) is 2.23. The number of rotatable bonds is 1. The first-order chi connectivity index (χ1) is 8.47. The van der Waals surface area contributed by atoms with E-state index in [9.17, 15) is 13.2 Å². The van der Waals surface area contributed by atoms with E-state index >= 15 is 0 Å². The summed E-state index contributed by atoms with van der Waals surface area (Å²) in [6.45, 7) is 0. The van der Waals surface area contributed by atoms with Crippen LogP contribution in [0.2, 0.25) is 0 Å². The molecule has 0 bridgehead atoms. The lowest BCUT2D eigenvalue weighted by atomic mass is 9.99. The molecule has 1 aliphatic carbocycles. The van der Waals surface area contributed by atoms with E-state index in [1.807, 2.05) is 6.08 Å². The van der Waals surface area contributed by atoms with Crippen LogP contribution < -0.4 is 5.73 Å². The maximum absolute atomic E-state index is 12.5. The Morgan fingerprint density at radius 1 is 1.06 bits per heavy atom. The predicted octanol–water partition coefficient (Wildman–Crippen LogP) is 3.99. The van der Waals surface area contributed by atoms with Crippen LogP contribution in [0.3, 0.4) is 0 Å². The molecule has 0 heterocycles. The minimum atomic E-state index is -4.27. The molecular weight excluding hydrogens is 239 g/mol. The molecule has 0 saturated carbocycles. The van der Waals surface area contributed by atoms with Crippen LogP contribution in [0.4, 0.5) is 13.2 Å². The molecular formula is C14H16F3N. The van der Waals surface area contributed by atoms with Crippen molar-refractivity contribution >= 4 is 5.57 Å². The minimum Gasteiger partial charge on any atom is -0.324 e. The first kappa shape index (κ1) is 13.1. The van der Waals surface area contributed by atoms with Gasteiger partial charge in [-0.2, -0.15) is 13.2 Å². The molecule has 1 nitrogen and oxygen atoms in total. The molecule has 0 fully saturated rings. The highest BCUT2D eigenvalue weighted by Gasteiger charge is 2.30. The third kappa shape index (κ3) is 3.13. The van der Waals surface area contributed by atoms with Crippen LogP contribution in [0, 0.1) is 0 Å². The molecule has 0 aromatic heterocycles. The van der Waals surface area contributed by atoms with E-state index in [2.05, 4.69) is 0 Å². The third-order valence-corrected chi connectivity index (χ3v) is 3.23. The van der Waals surface area contributed by atoms with E-state index in [1.165, 1.54) is 12.1 Å². The molecule has 1 aromatic carbocycles. The quantitative estimate of drug-likeness (QED) is 0.806. The van der Waals surface area contributed by atoms with Crippen molar-refractivity contribution in [1.29, 1.82) is 0 Å². The maximum Gasteiger partial charge on any atom is 0.416 e. The maximum atomic E-state index is 12.5. The number of nitrogens with two attached hydrogens (primary N) is 1. The summed E-state index contributed by atoms with van der Waals surface area (Å²) in [5.41, 5.74) is 7.21. The summed E-state index contributed by atoms with van der Waals surface area (Å²) in [5.74, 6) is 0. The van der Waals surface area contributed by atoms with Crippen LogP contribution in [-0.2, 0) is 6.18 Å². The van der Waals surface area contributed by atoms with Crippen molar-refractivity contribution in [3.05, 3.63) is 41.5 Å². The van der Waals surface area contributed by atoms with Gasteiger partial charge in [0, 0.05) is 6.04 Å². The van der Waals surface area contributed by atoms with Crippen molar-refractivity contribution in [1.82, 2.24) is 0 Å². The number of hydrogen-bond acceptors (Lipinski definition) is 1. The standard InChI is InChI=1S/C14H16F3N/c15-14(16,17)12-7-5-10(6-8-12)11-3-1-2-4-13(18)9-11/h5-9,13H,1-4,18H2. The average Bonchev–Trinajstić information content (AvgIpc) is 2.53. The van der Waals surface area contributed by atoms with Crippen molar-refractivity contribution in [3.63, 3.8) is 0 Å². The first-order valence-electron chi connectivity index (χ1n) is 6.11. The SMILES string of the molecule is NC1C=C(c2ccc(C(F)(F)F)cc2)CCCC1. The van der Waals surface area contributed by atoms with E-state index in [1.54, 1.807) is 0 Å². The molecule has 1 aliphatic rings. The van der Waals surface area contributed by atoms with Gasteiger partial charge in [-0.1, -0.05) is 24.6 Å². The number of hydrogen-bond donors (Lipinski definition) is 1. The second kappa shape index (κ2) is 5.14. The van der Waals surface area contributed by atoms with E-state index in [-0.39, 0.29) is 6.04 Å². The highest BCUT2D eigenvalue weighted by molar-refractivity contribution is 5.66. The second-order valence-electron chi connectivity index (χ2n) is 4.68. The molecule has 0 aliphatic heterocycles. The molecule has 1 aromatic rings. The molecule has 0 spiro atoms. The van der Waals surface area contributed by atoms with Crippen LogP contribution in [0.25, 0.3) is 5.57 Å². The molecule has 2 rings (SSSR count). The molecule has 0 saturated heterocycles. The summed E-state index contributed by atoms with van der Waals surface area (Å²) < 4.78 is 37.4. The van der Waals surface area contributed by atoms with Gasteiger partial charge < -0.3 is 5.73 Å². The Balaban J connectivity index is 2.23. The molecule has 0 radical (unpaired) electrons.